The third-order valence-corrected chi connectivity index (χ3v) is 8.11. The molecule has 6 rings (SSSR count). The number of hydrogen-bond donors (Lipinski definition) is 2. The molecule has 6 aromatic rings. The minimum atomic E-state index is 0.560. The van der Waals surface area contributed by atoms with Crippen LogP contribution < -0.4 is 10.6 Å². The van der Waals surface area contributed by atoms with Crippen molar-refractivity contribution in [2.24, 2.45) is 5.16 Å². The number of para-hydroxylation sites is 2. The molecule has 4 aromatic heterocycles. The standard InChI is InChI=1S/C22H15N7OS4/c1-30-29-18(14-10-31-19(25-14)27-21-23-12-6-2-4-8-16(12)33-21)15-11-32-20(26-15)28-22-24-13-7-3-5-9-17(13)34-22/h2-11H,1H3,(H,23,25,27)(H,24,26,28). The van der Waals surface area contributed by atoms with E-state index in [0.717, 1.165) is 41.0 Å². The van der Waals surface area contributed by atoms with Gasteiger partial charge in [-0.15, -0.1) is 22.7 Å². The van der Waals surface area contributed by atoms with Crippen molar-refractivity contribution in [1.29, 1.82) is 0 Å². The molecule has 34 heavy (non-hydrogen) atoms. The molecule has 8 nitrogen and oxygen atoms in total. The molecule has 168 valence electrons. The number of benzene rings is 2. The van der Waals surface area contributed by atoms with Crippen LogP contribution in [0.4, 0.5) is 20.5 Å². The summed E-state index contributed by atoms with van der Waals surface area (Å²) in [7, 11) is 1.51. The van der Waals surface area contributed by atoms with E-state index in [2.05, 4.69) is 37.9 Å². The van der Waals surface area contributed by atoms with Crippen molar-refractivity contribution in [2.45, 2.75) is 0 Å². The Bertz CT molecular complexity index is 1450. The molecule has 0 saturated heterocycles. The second-order valence-electron chi connectivity index (χ2n) is 6.92. The van der Waals surface area contributed by atoms with Gasteiger partial charge in [-0.05, 0) is 24.3 Å². The smallest absolute Gasteiger partial charge is 0.190 e. The zero-order chi connectivity index (χ0) is 22.9. The van der Waals surface area contributed by atoms with Crippen molar-refractivity contribution < 1.29 is 4.84 Å². The Balaban J connectivity index is 1.22. The average Bonchev–Trinajstić information content (AvgIpc) is 3.63. The lowest BCUT2D eigenvalue weighted by Gasteiger charge is -2.00. The molecule has 0 bridgehead atoms. The molecule has 0 radical (unpaired) electrons. The van der Waals surface area contributed by atoms with E-state index in [-0.39, 0.29) is 0 Å². The zero-order valence-corrected chi connectivity index (χ0v) is 20.8. The summed E-state index contributed by atoms with van der Waals surface area (Å²) in [5.41, 5.74) is 3.83. The molecule has 0 fully saturated rings. The molecule has 12 heteroatoms. The number of fused-ring (bicyclic) bond motifs is 2. The fourth-order valence-corrected chi connectivity index (χ4v) is 6.48. The van der Waals surface area contributed by atoms with Crippen LogP contribution in [-0.4, -0.2) is 32.8 Å². The molecular formula is C22H15N7OS4. The molecule has 0 aliphatic carbocycles. The first-order valence-electron chi connectivity index (χ1n) is 10.0. The second-order valence-corrected chi connectivity index (χ2v) is 10.7. The average molecular weight is 522 g/mol. The van der Waals surface area contributed by atoms with Crippen molar-refractivity contribution in [3.8, 4) is 0 Å². The third kappa shape index (κ3) is 4.23. The topological polar surface area (TPSA) is 97.2 Å². The zero-order valence-electron chi connectivity index (χ0n) is 17.6. The van der Waals surface area contributed by atoms with E-state index in [1.165, 1.54) is 29.8 Å². The van der Waals surface area contributed by atoms with Crippen LogP contribution in [0.2, 0.25) is 0 Å². The summed E-state index contributed by atoms with van der Waals surface area (Å²) < 4.78 is 2.25. The third-order valence-electron chi connectivity index (χ3n) is 4.69. The molecule has 4 heterocycles. The lowest BCUT2D eigenvalue weighted by Crippen LogP contribution is -2.06. The molecule has 0 saturated carbocycles. The van der Waals surface area contributed by atoms with Crippen LogP contribution in [0, 0.1) is 0 Å². The van der Waals surface area contributed by atoms with E-state index in [1.54, 1.807) is 22.7 Å². The first-order valence-corrected chi connectivity index (χ1v) is 13.4. The Morgan fingerprint density at radius 2 is 1.21 bits per heavy atom. The van der Waals surface area contributed by atoms with Crippen LogP contribution in [0.15, 0.2) is 64.4 Å². The molecule has 0 spiro atoms. The van der Waals surface area contributed by atoms with Gasteiger partial charge in [-0.1, -0.05) is 52.1 Å². The monoisotopic (exact) mass is 521 g/mol. The van der Waals surface area contributed by atoms with E-state index in [4.69, 9.17) is 14.8 Å². The Morgan fingerprint density at radius 3 is 1.68 bits per heavy atom. The minimum Gasteiger partial charge on any atom is -0.399 e. The van der Waals surface area contributed by atoms with Gasteiger partial charge in [-0.25, -0.2) is 19.9 Å². The van der Waals surface area contributed by atoms with Crippen LogP contribution in [0.1, 0.15) is 11.4 Å². The molecule has 0 unspecified atom stereocenters. The van der Waals surface area contributed by atoms with Crippen LogP contribution in [0.3, 0.4) is 0 Å². The highest BCUT2D eigenvalue weighted by molar-refractivity contribution is 7.23. The lowest BCUT2D eigenvalue weighted by molar-refractivity contribution is 0.214. The summed E-state index contributed by atoms with van der Waals surface area (Å²) in [6.45, 7) is 0. The predicted molar refractivity (Wildman–Crippen MR) is 143 cm³/mol. The molecule has 0 atom stereocenters. The molecule has 2 N–H and O–H groups in total. The number of nitrogens with one attached hydrogen (secondary N) is 2. The van der Waals surface area contributed by atoms with E-state index >= 15 is 0 Å². The summed E-state index contributed by atoms with van der Waals surface area (Å²) in [5, 5.41) is 17.7. The first-order chi connectivity index (χ1) is 16.7. The molecule has 0 aliphatic rings. The summed E-state index contributed by atoms with van der Waals surface area (Å²) in [5.74, 6) is 0. The van der Waals surface area contributed by atoms with Crippen LogP contribution in [0.25, 0.3) is 20.4 Å². The van der Waals surface area contributed by atoms with Crippen molar-refractivity contribution in [3.05, 3.63) is 70.7 Å². The normalized spacial score (nSPS) is 11.1. The summed E-state index contributed by atoms with van der Waals surface area (Å²) >= 11 is 6.12. The maximum absolute atomic E-state index is 5.10. The quantitative estimate of drug-likeness (QED) is 0.178. The number of rotatable bonds is 7. The van der Waals surface area contributed by atoms with Gasteiger partial charge in [0.15, 0.2) is 26.2 Å². The highest BCUT2D eigenvalue weighted by atomic mass is 32.1. The summed E-state index contributed by atoms with van der Waals surface area (Å²) in [6, 6.07) is 16.1. The number of aromatic nitrogens is 4. The Kier molecular flexibility index (Phi) is 5.63. The van der Waals surface area contributed by atoms with E-state index in [1.807, 2.05) is 47.2 Å². The van der Waals surface area contributed by atoms with Gasteiger partial charge in [-0.3, -0.25) is 0 Å². The van der Waals surface area contributed by atoms with Crippen LogP contribution >= 0.6 is 45.3 Å². The highest BCUT2D eigenvalue weighted by Crippen LogP contribution is 2.31. The van der Waals surface area contributed by atoms with Crippen molar-refractivity contribution in [3.63, 3.8) is 0 Å². The second kappa shape index (κ2) is 9.06. The Morgan fingerprint density at radius 1 is 0.706 bits per heavy atom. The maximum Gasteiger partial charge on any atom is 0.190 e. The Labute approximate surface area is 209 Å². The van der Waals surface area contributed by atoms with Crippen LogP contribution in [0.5, 0.6) is 0 Å². The van der Waals surface area contributed by atoms with Gasteiger partial charge in [-0.2, -0.15) is 0 Å². The summed E-state index contributed by atoms with van der Waals surface area (Å²) in [4.78, 5) is 23.7. The number of nitrogens with zero attached hydrogens (tertiary/aromatic N) is 5. The van der Waals surface area contributed by atoms with Crippen molar-refractivity contribution in [2.75, 3.05) is 17.7 Å². The predicted octanol–water partition coefficient (Wildman–Crippen LogP) is 6.71. The van der Waals surface area contributed by atoms with Gasteiger partial charge in [0.25, 0.3) is 0 Å². The lowest BCUT2D eigenvalue weighted by atomic mass is 10.2. The number of anilines is 4. The first kappa shape index (κ1) is 21.1. The fourth-order valence-electron chi connectivity index (χ4n) is 3.23. The number of oxime groups is 1. The van der Waals surface area contributed by atoms with Crippen molar-refractivity contribution >= 4 is 92.0 Å². The van der Waals surface area contributed by atoms with Crippen LogP contribution in [-0.2, 0) is 4.84 Å². The fraction of sp³-hybridized carbons (Fsp3) is 0.0455. The van der Waals surface area contributed by atoms with Gasteiger partial charge in [0.05, 0.1) is 20.4 Å². The SMILES string of the molecule is CON=C(c1csc(Nc2nc3ccccc3s2)n1)c1csc(Nc2nc3ccccc3s2)n1. The molecule has 0 aliphatic heterocycles. The van der Waals surface area contributed by atoms with E-state index < -0.39 is 0 Å². The Hall–Kier alpha value is -3.45. The molecular weight excluding hydrogens is 507 g/mol. The number of hydrogen-bond acceptors (Lipinski definition) is 12. The van der Waals surface area contributed by atoms with Gasteiger partial charge in [0, 0.05) is 10.8 Å². The van der Waals surface area contributed by atoms with Gasteiger partial charge < -0.3 is 15.5 Å². The van der Waals surface area contributed by atoms with Crippen molar-refractivity contribution in [1.82, 2.24) is 19.9 Å². The molecule has 2 aromatic carbocycles. The maximum atomic E-state index is 5.10. The minimum absolute atomic E-state index is 0.560. The van der Waals surface area contributed by atoms with Gasteiger partial charge in [0.2, 0.25) is 0 Å². The van der Waals surface area contributed by atoms with E-state index in [9.17, 15) is 0 Å². The van der Waals surface area contributed by atoms with Gasteiger partial charge >= 0.3 is 0 Å². The highest BCUT2D eigenvalue weighted by Gasteiger charge is 2.17. The number of thiazole rings is 4. The molecule has 0 amide bonds. The van der Waals surface area contributed by atoms with Gasteiger partial charge in [0.1, 0.15) is 18.5 Å². The largest absolute Gasteiger partial charge is 0.399 e. The van der Waals surface area contributed by atoms with E-state index in [0.29, 0.717) is 17.1 Å². The summed E-state index contributed by atoms with van der Waals surface area (Å²) in [6.07, 6.45) is 0.